The van der Waals surface area contributed by atoms with E-state index in [-0.39, 0.29) is 60.9 Å². The molecule has 4 fully saturated rings. The highest BCUT2D eigenvalue weighted by atomic mass is 16.6. The van der Waals surface area contributed by atoms with Crippen molar-refractivity contribution < 1.29 is 72.1 Å². The average molecular weight is 863 g/mol. The highest BCUT2D eigenvalue weighted by Gasteiger charge is 2.57. The topological polar surface area (TPSA) is 207 Å². The van der Waals surface area contributed by atoms with Crippen LogP contribution < -0.4 is 0 Å². The third kappa shape index (κ3) is 10.5. The van der Waals surface area contributed by atoms with Crippen LogP contribution in [0, 0.1) is 57.2 Å². The molecule has 4 rings (SSSR count). The number of rotatable bonds is 19. The summed E-state index contributed by atoms with van der Waals surface area (Å²) in [5.74, 6) is -8.84. The van der Waals surface area contributed by atoms with Gasteiger partial charge in [0, 0.05) is 23.9 Å². The van der Waals surface area contributed by atoms with Gasteiger partial charge in [0.1, 0.15) is 11.8 Å². The summed E-state index contributed by atoms with van der Waals surface area (Å²) >= 11 is 0. The van der Waals surface area contributed by atoms with E-state index in [4.69, 9.17) is 28.4 Å². The van der Waals surface area contributed by atoms with Gasteiger partial charge in [0.25, 0.3) is 0 Å². The number of carbonyl (C=O) groups excluding carboxylic acids is 5. The van der Waals surface area contributed by atoms with Crippen molar-refractivity contribution in [2.45, 2.75) is 117 Å². The molecule has 0 heterocycles. The molecule has 0 amide bonds. The number of esters is 5. The van der Waals surface area contributed by atoms with Crippen LogP contribution in [-0.4, -0.2) is 113 Å². The molecule has 0 bridgehead atoms. The quantitative estimate of drug-likeness (QED) is 0.0916. The van der Waals surface area contributed by atoms with E-state index < -0.39 is 83.5 Å². The second-order valence-corrected chi connectivity index (χ2v) is 19.1. The number of hydrogen-bond donors (Lipinski definition) is 2. The maximum atomic E-state index is 14.3. The first-order valence-corrected chi connectivity index (χ1v) is 21.6. The van der Waals surface area contributed by atoms with E-state index in [0.29, 0.717) is 19.3 Å². The summed E-state index contributed by atoms with van der Waals surface area (Å²) in [4.78, 5) is 77.9. The molecule has 15 nitrogen and oxygen atoms in total. The Hall–Kier alpha value is -3.82. The lowest BCUT2D eigenvalue weighted by molar-refractivity contribution is -0.181. The summed E-state index contributed by atoms with van der Waals surface area (Å²) in [5.41, 5.74) is 0.236. The predicted octanol–water partition coefficient (Wildman–Crippen LogP) is 5.64. The minimum atomic E-state index is -1.59. The molecule has 61 heavy (non-hydrogen) atoms. The van der Waals surface area contributed by atoms with Gasteiger partial charge >= 0.3 is 35.8 Å². The molecule has 0 unspecified atom stereocenters. The third-order valence-electron chi connectivity index (χ3n) is 15.5. The second kappa shape index (κ2) is 20.6. The van der Waals surface area contributed by atoms with E-state index >= 15 is 0 Å². The van der Waals surface area contributed by atoms with Crippen LogP contribution >= 0.6 is 0 Å². The van der Waals surface area contributed by atoms with Gasteiger partial charge in [-0.25, -0.2) is 9.59 Å². The lowest BCUT2D eigenvalue weighted by Gasteiger charge is -2.58. The van der Waals surface area contributed by atoms with Gasteiger partial charge in [0.2, 0.25) is 0 Å². The largest absolute Gasteiger partial charge is 0.481 e. The maximum Gasteiger partial charge on any atom is 0.335 e. The van der Waals surface area contributed by atoms with Crippen molar-refractivity contribution in [2.75, 3.05) is 54.9 Å². The number of carbonyl (C=O) groups is 6. The first-order valence-electron chi connectivity index (χ1n) is 21.6. The zero-order valence-electron chi connectivity index (χ0n) is 37.5. The summed E-state index contributed by atoms with van der Waals surface area (Å²) in [6.45, 7) is 17.2. The summed E-state index contributed by atoms with van der Waals surface area (Å²) in [6.07, 6.45) is 3.67. The molecule has 4 aliphatic carbocycles. The minimum absolute atomic E-state index is 0.0400. The molecular formula is C46H70O15. The molecule has 2 N–H and O–H groups in total. The highest BCUT2D eigenvalue weighted by Crippen LogP contribution is 2.62. The van der Waals surface area contributed by atoms with E-state index in [2.05, 4.69) is 38.7 Å². The van der Waals surface area contributed by atoms with E-state index in [1.807, 2.05) is 6.92 Å². The Morgan fingerprint density at radius 3 is 1.49 bits per heavy atom. The summed E-state index contributed by atoms with van der Waals surface area (Å²) in [5, 5.41) is 20.4. The molecule has 0 spiro atoms. The second-order valence-electron chi connectivity index (χ2n) is 19.1. The Bertz CT molecular complexity index is 1660. The van der Waals surface area contributed by atoms with E-state index in [1.165, 1.54) is 14.2 Å². The Labute approximate surface area is 360 Å². The number of methoxy groups -OCH3 is 4. The van der Waals surface area contributed by atoms with Crippen LogP contribution in [0.5, 0.6) is 0 Å². The summed E-state index contributed by atoms with van der Waals surface area (Å²) in [7, 11) is 4.63. The Morgan fingerprint density at radius 1 is 0.639 bits per heavy atom. The van der Waals surface area contributed by atoms with E-state index in [0.717, 1.165) is 70.3 Å². The van der Waals surface area contributed by atoms with Crippen molar-refractivity contribution in [3.8, 4) is 0 Å². The van der Waals surface area contributed by atoms with Crippen molar-refractivity contribution >= 4 is 35.8 Å². The molecule has 4 saturated carbocycles. The van der Waals surface area contributed by atoms with Gasteiger partial charge in [-0.05, 0) is 79.4 Å². The molecular weight excluding hydrogens is 792 g/mol. The Balaban J connectivity index is 1.56. The zero-order chi connectivity index (χ0) is 45.5. The van der Waals surface area contributed by atoms with Gasteiger partial charge in [-0.2, -0.15) is 0 Å². The summed E-state index contributed by atoms with van der Waals surface area (Å²) in [6, 6.07) is 0. The van der Waals surface area contributed by atoms with E-state index in [9.17, 15) is 39.0 Å². The molecule has 344 valence electrons. The minimum Gasteiger partial charge on any atom is -0.481 e. The van der Waals surface area contributed by atoms with Gasteiger partial charge in [-0.15, -0.1) is 0 Å². The average Bonchev–Trinajstić information content (AvgIpc) is 3.22. The SMILES string of the molecule is C=C1CC[C@H]2[C@](C)(COC(=O)[C@@H](CC(=O)OC)[C@@H](OC[C@H]3C(=C)CC[C@H]4[C@](C)(CO)CCC[C@]34C)C(=O)OC)CCC[C@]2(C)[C@H]1CO[C@@H](C(=O)OC)[C@H](CC(=O)OC)C(=O)O. The van der Waals surface area contributed by atoms with Gasteiger partial charge in [0.05, 0.1) is 61.1 Å². The lowest BCUT2D eigenvalue weighted by Crippen LogP contribution is -2.54. The molecule has 0 aliphatic heterocycles. The van der Waals surface area contributed by atoms with Gasteiger partial charge in [-0.1, -0.05) is 64.8 Å². The number of hydrogen-bond acceptors (Lipinski definition) is 14. The normalized spacial score (nSPS) is 33.1. The van der Waals surface area contributed by atoms with Crippen molar-refractivity contribution in [2.24, 2.45) is 57.2 Å². The number of carboxylic acids is 1. The van der Waals surface area contributed by atoms with Gasteiger partial charge in [-0.3, -0.25) is 19.2 Å². The van der Waals surface area contributed by atoms with Gasteiger partial charge < -0.3 is 43.4 Å². The molecule has 0 aromatic rings. The van der Waals surface area contributed by atoms with Crippen LogP contribution in [0.1, 0.15) is 105 Å². The smallest absolute Gasteiger partial charge is 0.335 e. The number of aliphatic hydroxyl groups excluding tert-OH is 1. The van der Waals surface area contributed by atoms with Crippen LogP contribution in [0.15, 0.2) is 24.3 Å². The molecule has 12 atom stereocenters. The van der Waals surface area contributed by atoms with Gasteiger partial charge in [0.15, 0.2) is 12.2 Å². The fraction of sp³-hybridized carbons (Fsp3) is 0.783. The summed E-state index contributed by atoms with van der Waals surface area (Å²) < 4.78 is 38.3. The fourth-order valence-electron chi connectivity index (χ4n) is 12.0. The molecule has 0 saturated heterocycles. The maximum absolute atomic E-state index is 14.3. The number of aliphatic carboxylic acids is 1. The third-order valence-corrected chi connectivity index (χ3v) is 15.5. The first-order chi connectivity index (χ1) is 28.7. The highest BCUT2D eigenvalue weighted by molar-refractivity contribution is 5.88. The molecule has 0 aromatic heterocycles. The first kappa shape index (κ1) is 49.8. The van der Waals surface area contributed by atoms with Crippen molar-refractivity contribution in [1.29, 1.82) is 0 Å². The molecule has 0 aromatic carbocycles. The van der Waals surface area contributed by atoms with Crippen LogP contribution in [-0.2, 0) is 61.9 Å². The number of fused-ring (bicyclic) bond motifs is 2. The number of carboxylic acid groups (broad SMARTS) is 1. The fourth-order valence-corrected chi connectivity index (χ4v) is 12.0. The molecule has 15 heteroatoms. The van der Waals surface area contributed by atoms with Crippen LogP contribution in [0.2, 0.25) is 0 Å². The van der Waals surface area contributed by atoms with E-state index in [1.54, 1.807) is 0 Å². The monoisotopic (exact) mass is 862 g/mol. The van der Waals surface area contributed by atoms with Crippen LogP contribution in [0.4, 0.5) is 0 Å². The zero-order valence-corrected chi connectivity index (χ0v) is 37.5. The van der Waals surface area contributed by atoms with Crippen LogP contribution in [0.25, 0.3) is 0 Å². The standard InChI is InChI=1S/C46H70O15/c1-27-13-15-33-43(3,25-47)17-11-19-45(33,5)31(27)24-60-38(42(54)58-10)30(22-36(49)56-8)40(52)61-26-44(4)18-12-20-46(6)32(28(2)14-16-34(44)46)23-59-37(41(53)57-9)29(39(50)51)21-35(48)55-7/h29-34,37-38,47H,1-2,11-26H2,3-10H3,(H,50,51)/t29-,30-,31-,32-,33-,34-,37+,38+,43-,44-,45+,46+/m0/s1. The van der Waals surface area contributed by atoms with Crippen LogP contribution in [0.3, 0.4) is 0 Å². The molecule has 4 aliphatic rings. The van der Waals surface area contributed by atoms with Crippen molar-refractivity contribution in [3.05, 3.63) is 24.3 Å². The van der Waals surface area contributed by atoms with Crippen molar-refractivity contribution in [1.82, 2.24) is 0 Å². The Morgan fingerprint density at radius 2 is 1.07 bits per heavy atom. The van der Waals surface area contributed by atoms with Crippen molar-refractivity contribution in [3.63, 3.8) is 0 Å². The lowest BCUT2D eigenvalue weighted by atomic mass is 9.47. The number of ether oxygens (including phenoxy) is 7. The number of aliphatic hydroxyl groups is 1. The predicted molar refractivity (Wildman–Crippen MR) is 220 cm³/mol. The Kier molecular flexibility index (Phi) is 16.8. The molecule has 0 radical (unpaired) electrons.